The van der Waals surface area contributed by atoms with Crippen LogP contribution in [-0.4, -0.2) is 12.6 Å². The zero-order valence-corrected chi connectivity index (χ0v) is 38.4. The van der Waals surface area contributed by atoms with E-state index in [2.05, 4.69) is 242 Å². The Labute approximate surface area is 396 Å². The normalized spacial score (nSPS) is 21.2. The lowest BCUT2D eigenvalue weighted by Gasteiger charge is -2.38. The Hall–Kier alpha value is -7.42. The number of fused-ring (bicyclic) bond motifs is 9. The van der Waals surface area contributed by atoms with Crippen molar-refractivity contribution in [3.05, 3.63) is 256 Å². The van der Waals surface area contributed by atoms with Crippen molar-refractivity contribution >= 4 is 41.0 Å². The monoisotopic (exact) mass is 862 g/mol. The fraction of sp³-hybridized carbons (Fsp3) is 0.169. The average Bonchev–Trinajstić information content (AvgIpc) is 3.71. The number of hydrogen-bond donors (Lipinski definition) is 0. The maximum absolute atomic E-state index is 2.58. The van der Waals surface area contributed by atoms with Crippen molar-refractivity contribution in [2.24, 2.45) is 5.92 Å². The molecule has 0 bridgehead atoms. The number of aryl methyl sites for hydroxylation is 1. The van der Waals surface area contributed by atoms with Gasteiger partial charge in [-0.2, -0.15) is 0 Å². The van der Waals surface area contributed by atoms with E-state index in [0.717, 1.165) is 25.8 Å². The Morgan fingerprint density at radius 1 is 0.552 bits per heavy atom. The molecule has 0 N–H and O–H groups in total. The van der Waals surface area contributed by atoms with Gasteiger partial charge in [0.05, 0.1) is 11.5 Å². The molecule has 6 aliphatic rings. The van der Waals surface area contributed by atoms with Gasteiger partial charge in [0.25, 0.3) is 0 Å². The van der Waals surface area contributed by atoms with Crippen molar-refractivity contribution in [3.63, 3.8) is 0 Å². The number of benzene rings is 7. The first kappa shape index (κ1) is 39.9. The van der Waals surface area contributed by atoms with E-state index in [1.807, 2.05) is 0 Å². The minimum Gasteiger partial charge on any atom is -0.341 e. The van der Waals surface area contributed by atoms with Gasteiger partial charge in [-0.05, 0) is 146 Å². The highest BCUT2D eigenvalue weighted by atomic mass is 15.2. The van der Waals surface area contributed by atoms with Gasteiger partial charge in [-0.1, -0.05) is 190 Å². The van der Waals surface area contributed by atoms with Gasteiger partial charge in [0, 0.05) is 40.6 Å². The van der Waals surface area contributed by atoms with Gasteiger partial charge in [0.1, 0.15) is 0 Å². The fourth-order valence-corrected chi connectivity index (χ4v) is 12.5. The van der Waals surface area contributed by atoms with Gasteiger partial charge >= 0.3 is 0 Å². The first-order valence-electron chi connectivity index (χ1n) is 24.4. The van der Waals surface area contributed by atoms with E-state index in [9.17, 15) is 0 Å². The summed E-state index contributed by atoms with van der Waals surface area (Å²) in [4.78, 5) is 5.11. The Kier molecular flexibility index (Phi) is 9.29. The van der Waals surface area contributed by atoms with Crippen LogP contribution in [0.2, 0.25) is 0 Å². The highest BCUT2D eigenvalue weighted by Gasteiger charge is 2.48. The van der Waals surface area contributed by atoms with Crippen molar-refractivity contribution in [1.29, 1.82) is 0 Å². The number of allylic oxidation sites excluding steroid dienone is 6. The topological polar surface area (TPSA) is 6.48 Å². The molecule has 0 aromatic heterocycles. The van der Waals surface area contributed by atoms with Crippen LogP contribution in [0.1, 0.15) is 83.2 Å². The van der Waals surface area contributed by atoms with Gasteiger partial charge < -0.3 is 9.80 Å². The molecule has 2 heteroatoms. The smallest absolute Gasteiger partial charge is 0.0711 e. The predicted octanol–water partition coefficient (Wildman–Crippen LogP) is 16.1. The highest BCUT2D eigenvalue weighted by molar-refractivity contribution is 5.91. The first-order chi connectivity index (χ1) is 33.0. The van der Waals surface area contributed by atoms with Crippen LogP contribution in [0.5, 0.6) is 0 Å². The van der Waals surface area contributed by atoms with Gasteiger partial charge in [0.2, 0.25) is 0 Å². The molecule has 2 heterocycles. The Morgan fingerprint density at radius 3 is 1.99 bits per heavy atom. The van der Waals surface area contributed by atoms with E-state index >= 15 is 0 Å². The minimum atomic E-state index is -0.494. The van der Waals surface area contributed by atoms with E-state index in [0.29, 0.717) is 0 Å². The van der Waals surface area contributed by atoms with Crippen LogP contribution in [0.25, 0.3) is 40.5 Å². The molecule has 324 valence electrons. The molecular formula is C65H54N2. The number of hydrogen-bond acceptors (Lipinski definition) is 2. The fourth-order valence-electron chi connectivity index (χ4n) is 12.5. The molecule has 0 radical (unpaired) electrons. The van der Waals surface area contributed by atoms with Crippen LogP contribution in [0.15, 0.2) is 206 Å². The molecule has 0 amide bonds. The third-order valence-corrected chi connectivity index (χ3v) is 15.8. The second-order valence-electron chi connectivity index (χ2n) is 19.8. The SMILES string of the molecule is CC1(C)c2cc(/C=C/c3ccc4c(c3)C(C3=CCCC=C3)(c3ccccc3)c3cc(N5c6ccccc6C=CC6C=CC=CC65)ccc3-4)ccc2-c2ccc(N3CCCc4ccccc43)cc21. The molecule has 67 heavy (non-hydrogen) atoms. The second-order valence-corrected chi connectivity index (χ2v) is 19.8. The van der Waals surface area contributed by atoms with Crippen LogP contribution in [0.3, 0.4) is 0 Å². The summed E-state index contributed by atoms with van der Waals surface area (Å²) in [5.74, 6) is 0.267. The molecule has 0 saturated heterocycles. The molecule has 0 spiro atoms. The third-order valence-electron chi connectivity index (χ3n) is 15.8. The van der Waals surface area contributed by atoms with E-state index < -0.39 is 5.41 Å². The molecule has 0 fully saturated rings. The zero-order valence-electron chi connectivity index (χ0n) is 38.4. The number of rotatable bonds is 6. The summed E-state index contributed by atoms with van der Waals surface area (Å²) in [5, 5.41) is 0. The summed E-state index contributed by atoms with van der Waals surface area (Å²) in [6.45, 7) is 5.87. The second kappa shape index (κ2) is 15.6. The van der Waals surface area contributed by atoms with Crippen molar-refractivity contribution < 1.29 is 0 Å². The average molecular weight is 863 g/mol. The molecule has 3 atom stereocenters. The predicted molar refractivity (Wildman–Crippen MR) is 283 cm³/mol. The van der Waals surface area contributed by atoms with Crippen molar-refractivity contribution in [2.45, 2.75) is 56.4 Å². The summed E-state index contributed by atoms with van der Waals surface area (Å²) in [7, 11) is 0. The van der Waals surface area contributed by atoms with Gasteiger partial charge in [-0.3, -0.25) is 0 Å². The lowest BCUT2D eigenvalue weighted by molar-refractivity contribution is 0.659. The highest BCUT2D eigenvalue weighted by Crippen LogP contribution is 2.59. The van der Waals surface area contributed by atoms with E-state index in [1.165, 1.54) is 107 Å². The Balaban J connectivity index is 0.897. The summed E-state index contributed by atoms with van der Waals surface area (Å²) >= 11 is 0. The molecule has 4 aliphatic carbocycles. The van der Waals surface area contributed by atoms with Crippen LogP contribution >= 0.6 is 0 Å². The van der Waals surface area contributed by atoms with E-state index in [1.54, 1.807) is 0 Å². The Bertz CT molecular complexity index is 3330. The van der Waals surface area contributed by atoms with Gasteiger partial charge in [-0.15, -0.1) is 0 Å². The lowest BCUT2D eigenvalue weighted by Crippen LogP contribution is -2.35. The molecule has 7 aromatic rings. The molecular weight excluding hydrogens is 809 g/mol. The number of anilines is 4. The lowest BCUT2D eigenvalue weighted by atomic mass is 9.66. The standard InChI is InChI=1S/C65H54N2/c1-64(2)57-40-44(29-35-53(57)54-37-33-51(42-58(54)64)66-39-15-19-46-16-9-12-24-61(46)66)27-28-45-30-36-55-56-38-34-52(67-62-25-13-10-17-47(62)31-32-48-18-11-14-26-63(48)67)43-60(56)65(59(55)41-45,49-20-5-3-6-21-49)50-22-7-4-8-23-50/h3,5-7,9-14,16-18,20-38,40-43,47,62H,4,8,15,19,39H2,1-2H3/b28-27+. The molecule has 13 rings (SSSR count). The first-order valence-corrected chi connectivity index (χ1v) is 24.4. The van der Waals surface area contributed by atoms with E-state index in [4.69, 9.17) is 0 Å². The molecule has 7 aromatic carbocycles. The summed E-state index contributed by atoms with van der Waals surface area (Å²) in [5.41, 5.74) is 23.1. The molecule has 2 nitrogen and oxygen atoms in total. The van der Waals surface area contributed by atoms with Gasteiger partial charge in [-0.25, -0.2) is 0 Å². The van der Waals surface area contributed by atoms with Crippen LogP contribution in [0.4, 0.5) is 22.7 Å². The molecule has 2 aliphatic heterocycles. The molecule has 3 unspecified atom stereocenters. The maximum atomic E-state index is 2.58. The van der Waals surface area contributed by atoms with Crippen molar-refractivity contribution in [3.8, 4) is 22.3 Å². The zero-order chi connectivity index (χ0) is 44.7. The third kappa shape index (κ3) is 6.22. The van der Waals surface area contributed by atoms with Crippen LogP contribution < -0.4 is 9.80 Å². The molecule has 0 saturated carbocycles. The Morgan fingerprint density at radius 2 is 1.19 bits per heavy atom. The van der Waals surface area contributed by atoms with Crippen molar-refractivity contribution in [2.75, 3.05) is 16.3 Å². The van der Waals surface area contributed by atoms with Crippen LogP contribution in [-0.2, 0) is 17.3 Å². The quantitative estimate of drug-likeness (QED) is 0.154. The number of para-hydroxylation sites is 2. The summed E-state index contributed by atoms with van der Waals surface area (Å²) in [6, 6.07) is 58.1. The van der Waals surface area contributed by atoms with Crippen LogP contribution in [0, 0.1) is 5.92 Å². The maximum Gasteiger partial charge on any atom is 0.0711 e. The largest absolute Gasteiger partial charge is 0.341 e. The summed E-state index contributed by atoms with van der Waals surface area (Å²) < 4.78 is 0. The summed E-state index contributed by atoms with van der Waals surface area (Å²) in [6.07, 6.45) is 30.2. The van der Waals surface area contributed by atoms with E-state index in [-0.39, 0.29) is 17.4 Å². The minimum absolute atomic E-state index is 0.120. The van der Waals surface area contributed by atoms with Gasteiger partial charge in [0.15, 0.2) is 0 Å². The number of nitrogens with zero attached hydrogens (tertiary/aromatic N) is 2. The van der Waals surface area contributed by atoms with Crippen molar-refractivity contribution in [1.82, 2.24) is 0 Å².